The van der Waals surface area contributed by atoms with Crippen LogP contribution < -0.4 is 0 Å². The molecule has 0 aromatic rings. The highest BCUT2D eigenvalue weighted by Crippen LogP contribution is 2.26. The van der Waals surface area contributed by atoms with Crippen molar-refractivity contribution in [2.75, 3.05) is 12.4 Å². The van der Waals surface area contributed by atoms with Crippen molar-refractivity contribution in [2.45, 2.75) is 31.1 Å². The fraction of sp³-hybridized carbons (Fsp3) is 0.875. The van der Waals surface area contributed by atoms with Crippen LogP contribution in [0.4, 0.5) is 0 Å². The molecule has 0 saturated carbocycles. The summed E-state index contributed by atoms with van der Waals surface area (Å²) < 4.78 is 4.88. The van der Waals surface area contributed by atoms with E-state index in [0.717, 1.165) is 12.8 Å². The standard InChI is InChI=1S/C8H14O3S/c1-2-11-8(10)7-4-3-6(9)5-12-7/h6-7,9H,2-5H2,1H3/t6-,7-/m0/s1. The zero-order chi connectivity index (χ0) is 8.97. The van der Waals surface area contributed by atoms with Crippen LogP contribution in [0.15, 0.2) is 0 Å². The molecule has 1 fully saturated rings. The highest BCUT2D eigenvalue weighted by molar-refractivity contribution is 8.00. The molecule has 0 unspecified atom stereocenters. The average molecular weight is 190 g/mol. The fourth-order valence-electron chi connectivity index (χ4n) is 1.16. The molecular formula is C8H14O3S. The van der Waals surface area contributed by atoms with E-state index in [1.54, 1.807) is 6.92 Å². The number of carbonyl (C=O) groups excluding carboxylic acids is 1. The Labute approximate surface area is 76.5 Å². The lowest BCUT2D eigenvalue weighted by atomic mass is 10.1. The van der Waals surface area contributed by atoms with Gasteiger partial charge in [0.25, 0.3) is 0 Å². The van der Waals surface area contributed by atoms with E-state index < -0.39 is 0 Å². The third-order valence-electron chi connectivity index (χ3n) is 1.80. The summed E-state index contributed by atoms with van der Waals surface area (Å²) in [5, 5.41) is 9.12. The van der Waals surface area contributed by atoms with Crippen LogP contribution in [0.3, 0.4) is 0 Å². The van der Waals surface area contributed by atoms with E-state index in [4.69, 9.17) is 9.84 Å². The lowest BCUT2D eigenvalue weighted by Gasteiger charge is -2.23. The first-order valence-electron chi connectivity index (χ1n) is 4.20. The Kier molecular flexibility index (Phi) is 3.88. The Hall–Kier alpha value is -0.220. The van der Waals surface area contributed by atoms with Crippen LogP contribution in [0, 0.1) is 0 Å². The van der Waals surface area contributed by atoms with Gasteiger partial charge in [-0.3, -0.25) is 4.79 Å². The van der Waals surface area contributed by atoms with Gasteiger partial charge in [-0.1, -0.05) is 0 Å². The topological polar surface area (TPSA) is 46.5 Å². The van der Waals surface area contributed by atoms with E-state index in [9.17, 15) is 4.79 Å². The van der Waals surface area contributed by atoms with E-state index >= 15 is 0 Å². The van der Waals surface area contributed by atoms with Crippen LogP contribution in [0.2, 0.25) is 0 Å². The fourth-order valence-corrected chi connectivity index (χ4v) is 2.29. The smallest absolute Gasteiger partial charge is 0.319 e. The Balaban J connectivity index is 2.29. The van der Waals surface area contributed by atoms with Gasteiger partial charge in [-0.05, 0) is 19.8 Å². The normalized spacial score (nSPS) is 29.8. The summed E-state index contributed by atoms with van der Waals surface area (Å²) in [4.78, 5) is 11.2. The van der Waals surface area contributed by atoms with E-state index in [2.05, 4.69) is 0 Å². The molecule has 0 amide bonds. The van der Waals surface area contributed by atoms with Gasteiger partial charge in [0.05, 0.1) is 12.7 Å². The molecule has 2 atom stereocenters. The predicted octanol–water partition coefficient (Wildman–Crippen LogP) is 0.806. The quantitative estimate of drug-likeness (QED) is 0.654. The van der Waals surface area contributed by atoms with Gasteiger partial charge >= 0.3 is 5.97 Å². The molecule has 12 heavy (non-hydrogen) atoms. The summed E-state index contributed by atoms with van der Waals surface area (Å²) in [7, 11) is 0. The monoisotopic (exact) mass is 190 g/mol. The zero-order valence-corrected chi connectivity index (χ0v) is 7.97. The summed E-state index contributed by atoms with van der Waals surface area (Å²) >= 11 is 1.49. The van der Waals surface area contributed by atoms with Crippen LogP contribution in [-0.4, -0.2) is 34.8 Å². The molecule has 0 aromatic carbocycles. The summed E-state index contributed by atoms with van der Waals surface area (Å²) in [6, 6.07) is 0. The Morgan fingerprint density at radius 1 is 1.67 bits per heavy atom. The first-order valence-corrected chi connectivity index (χ1v) is 5.25. The minimum Gasteiger partial charge on any atom is -0.465 e. The predicted molar refractivity (Wildman–Crippen MR) is 48.1 cm³/mol. The van der Waals surface area contributed by atoms with Gasteiger partial charge in [-0.25, -0.2) is 0 Å². The molecule has 1 saturated heterocycles. The number of ether oxygens (including phenoxy) is 1. The van der Waals surface area contributed by atoms with Gasteiger partial charge in [0.15, 0.2) is 0 Å². The molecule has 1 aliphatic heterocycles. The molecule has 3 nitrogen and oxygen atoms in total. The first-order chi connectivity index (χ1) is 5.74. The van der Waals surface area contributed by atoms with Crippen molar-refractivity contribution in [1.82, 2.24) is 0 Å². The van der Waals surface area contributed by atoms with E-state index in [1.807, 2.05) is 0 Å². The second kappa shape index (κ2) is 4.72. The molecule has 1 N–H and O–H groups in total. The molecule has 1 heterocycles. The van der Waals surface area contributed by atoms with Crippen molar-refractivity contribution < 1.29 is 14.6 Å². The van der Waals surface area contributed by atoms with E-state index in [1.165, 1.54) is 11.8 Å². The van der Waals surface area contributed by atoms with Crippen LogP contribution >= 0.6 is 11.8 Å². The van der Waals surface area contributed by atoms with E-state index in [0.29, 0.717) is 12.4 Å². The zero-order valence-electron chi connectivity index (χ0n) is 7.16. The molecule has 0 bridgehead atoms. The lowest BCUT2D eigenvalue weighted by molar-refractivity contribution is -0.142. The second-order valence-corrected chi connectivity index (χ2v) is 4.04. The Morgan fingerprint density at radius 3 is 2.92 bits per heavy atom. The van der Waals surface area contributed by atoms with Gasteiger partial charge in [0, 0.05) is 5.75 Å². The van der Waals surface area contributed by atoms with Crippen molar-refractivity contribution in [3.63, 3.8) is 0 Å². The number of hydrogen-bond donors (Lipinski definition) is 1. The minimum absolute atomic E-state index is 0.0478. The number of aliphatic hydroxyl groups is 1. The maximum absolute atomic E-state index is 11.2. The summed E-state index contributed by atoms with van der Waals surface area (Å²) in [6.45, 7) is 2.25. The maximum atomic E-state index is 11.2. The van der Waals surface area contributed by atoms with Crippen LogP contribution in [0.5, 0.6) is 0 Å². The maximum Gasteiger partial charge on any atom is 0.319 e. The molecule has 0 spiro atoms. The number of rotatable bonds is 2. The van der Waals surface area contributed by atoms with Crippen molar-refractivity contribution in [2.24, 2.45) is 0 Å². The number of carbonyl (C=O) groups is 1. The molecular weight excluding hydrogens is 176 g/mol. The second-order valence-electron chi connectivity index (χ2n) is 2.81. The lowest BCUT2D eigenvalue weighted by Crippen LogP contribution is -2.28. The molecule has 0 aromatic heterocycles. The molecule has 1 rings (SSSR count). The third-order valence-corrected chi connectivity index (χ3v) is 3.21. The molecule has 0 radical (unpaired) electrons. The van der Waals surface area contributed by atoms with Crippen LogP contribution in [0.1, 0.15) is 19.8 Å². The minimum atomic E-state index is -0.235. The van der Waals surface area contributed by atoms with Gasteiger partial charge in [0.2, 0.25) is 0 Å². The number of hydrogen-bond acceptors (Lipinski definition) is 4. The highest BCUT2D eigenvalue weighted by Gasteiger charge is 2.26. The highest BCUT2D eigenvalue weighted by atomic mass is 32.2. The number of thioether (sulfide) groups is 1. The first kappa shape index (κ1) is 9.86. The summed E-state index contributed by atoms with van der Waals surface area (Å²) in [6.07, 6.45) is 1.22. The molecule has 4 heteroatoms. The van der Waals surface area contributed by atoms with Crippen molar-refractivity contribution in [1.29, 1.82) is 0 Å². The van der Waals surface area contributed by atoms with Gasteiger partial charge in [-0.15, -0.1) is 11.8 Å². The van der Waals surface area contributed by atoms with Gasteiger partial charge in [-0.2, -0.15) is 0 Å². The SMILES string of the molecule is CCOC(=O)[C@@H]1CC[C@H](O)CS1. The largest absolute Gasteiger partial charge is 0.465 e. The number of aliphatic hydroxyl groups excluding tert-OH is 1. The summed E-state index contributed by atoms with van der Waals surface area (Å²) in [5.41, 5.74) is 0. The van der Waals surface area contributed by atoms with Gasteiger partial charge < -0.3 is 9.84 Å². The van der Waals surface area contributed by atoms with Crippen molar-refractivity contribution in [3.05, 3.63) is 0 Å². The molecule has 70 valence electrons. The average Bonchev–Trinajstić information content (AvgIpc) is 2.06. The van der Waals surface area contributed by atoms with Gasteiger partial charge in [0.1, 0.15) is 5.25 Å². The number of esters is 1. The Bertz CT molecular complexity index is 152. The Morgan fingerprint density at radius 2 is 2.42 bits per heavy atom. The molecule has 1 aliphatic rings. The van der Waals surface area contributed by atoms with Crippen LogP contribution in [-0.2, 0) is 9.53 Å². The third kappa shape index (κ3) is 2.68. The van der Waals surface area contributed by atoms with Crippen LogP contribution in [0.25, 0.3) is 0 Å². The van der Waals surface area contributed by atoms with Crippen molar-refractivity contribution >= 4 is 17.7 Å². The molecule has 0 aliphatic carbocycles. The van der Waals surface area contributed by atoms with E-state index in [-0.39, 0.29) is 17.3 Å². The van der Waals surface area contributed by atoms with Crippen molar-refractivity contribution in [3.8, 4) is 0 Å². The summed E-state index contributed by atoms with van der Waals surface area (Å²) in [5.74, 6) is 0.526.